The van der Waals surface area contributed by atoms with Gasteiger partial charge in [0.25, 0.3) is 0 Å². The van der Waals surface area contributed by atoms with Crippen LogP contribution in [0.2, 0.25) is 0 Å². The fourth-order valence-electron chi connectivity index (χ4n) is 2.47. The van der Waals surface area contributed by atoms with Gasteiger partial charge in [-0.2, -0.15) is 0 Å². The van der Waals surface area contributed by atoms with E-state index in [2.05, 4.69) is 4.72 Å². The first-order valence-electron chi connectivity index (χ1n) is 6.70. The van der Waals surface area contributed by atoms with Gasteiger partial charge in [0.1, 0.15) is 0 Å². The summed E-state index contributed by atoms with van der Waals surface area (Å²) < 4.78 is 25.1. The summed E-state index contributed by atoms with van der Waals surface area (Å²) in [6.45, 7) is 5.41. The Morgan fingerprint density at radius 1 is 1.47 bits per heavy atom. The Bertz CT molecular complexity index is 408. The number of hydrogen-bond donors (Lipinski definition) is 2. The van der Waals surface area contributed by atoms with Gasteiger partial charge in [0.05, 0.1) is 12.2 Å². The molecule has 1 aliphatic heterocycles. The molecule has 2 atom stereocenters. The molecule has 112 valence electrons. The lowest BCUT2D eigenvalue weighted by molar-refractivity contribution is -0.137. The number of carbonyl (C=O) groups excluding carboxylic acids is 1. The summed E-state index contributed by atoms with van der Waals surface area (Å²) in [5.41, 5.74) is 5.66. The molecule has 1 fully saturated rings. The molecule has 3 N–H and O–H groups in total. The Hall–Kier alpha value is -0.660. The third kappa shape index (κ3) is 5.08. The zero-order chi connectivity index (χ0) is 14.6. The van der Waals surface area contributed by atoms with Crippen LogP contribution in [0.5, 0.6) is 0 Å². The smallest absolute Gasteiger partial charge is 0.227 e. The Balaban J connectivity index is 2.66. The number of carbonyl (C=O) groups is 1. The average Bonchev–Trinajstić information content (AvgIpc) is 2.27. The highest BCUT2D eigenvalue weighted by molar-refractivity contribution is 7.88. The highest BCUT2D eigenvalue weighted by atomic mass is 32.2. The van der Waals surface area contributed by atoms with Crippen LogP contribution in [0.4, 0.5) is 0 Å². The molecule has 0 aromatic carbocycles. The zero-order valence-corrected chi connectivity index (χ0v) is 12.7. The van der Waals surface area contributed by atoms with E-state index >= 15 is 0 Å². The van der Waals surface area contributed by atoms with Crippen LogP contribution >= 0.6 is 0 Å². The van der Waals surface area contributed by atoms with Crippen LogP contribution in [0.25, 0.3) is 0 Å². The van der Waals surface area contributed by atoms with Gasteiger partial charge in [-0.1, -0.05) is 13.8 Å². The Labute approximate surface area is 115 Å². The van der Waals surface area contributed by atoms with Gasteiger partial charge in [0.2, 0.25) is 15.9 Å². The van der Waals surface area contributed by atoms with Crippen LogP contribution in [0, 0.1) is 11.8 Å². The van der Waals surface area contributed by atoms with E-state index in [4.69, 9.17) is 5.73 Å². The van der Waals surface area contributed by atoms with Crippen molar-refractivity contribution in [1.82, 2.24) is 9.62 Å². The minimum atomic E-state index is -3.23. The van der Waals surface area contributed by atoms with E-state index in [9.17, 15) is 13.2 Å². The molecule has 1 rings (SSSR count). The van der Waals surface area contributed by atoms with Crippen LogP contribution in [0.1, 0.15) is 26.7 Å². The molecule has 7 heteroatoms. The van der Waals surface area contributed by atoms with Gasteiger partial charge in [0.15, 0.2) is 0 Å². The van der Waals surface area contributed by atoms with E-state index in [1.54, 1.807) is 4.90 Å². The first-order valence-corrected chi connectivity index (χ1v) is 8.60. The molecule has 6 nitrogen and oxygen atoms in total. The fourth-order valence-corrected chi connectivity index (χ4v) is 3.27. The number of nitrogens with one attached hydrogen (secondary N) is 1. The van der Waals surface area contributed by atoms with E-state index in [1.165, 1.54) is 0 Å². The quantitative estimate of drug-likeness (QED) is 0.731. The number of amides is 1. The molecule has 0 aromatic rings. The van der Waals surface area contributed by atoms with Gasteiger partial charge in [-0.05, 0) is 18.8 Å². The number of hydrogen-bond acceptors (Lipinski definition) is 4. The molecule has 0 spiro atoms. The fraction of sp³-hybridized carbons (Fsp3) is 0.917. The second-order valence-electron chi connectivity index (χ2n) is 5.60. The summed E-state index contributed by atoms with van der Waals surface area (Å²) >= 11 is 0. The number of piperidine rings is 1. The monoisotopic (exact) mass is 291 g/mol. The summed E-state index contributed by atoms with van der Waals surface area (Å²) in [5, 5.41) is 0. The number of nitrogens with two attached hydrogens (primary N) is 1. The summed E-state index contributed by atoms with van der Waals surface area (Å²) in [6.07, 6.45) is 2.73. The molecule has 19 heavy (non-hydrogen) atoms. The van der Waals surface area contributed by atoms with Crippen molar-refractivity contribution >= 4 is 15.9 Å². The summed E-state index contributed by atoms with van der Waals surface area (Å²) in [6, 6.07) is -0.182. The van der Waals surface area contributed by atoms with E-state index in [-0.39, 0.29) is 23.8 Å². The van der Waals surface area contributed by atoms with Crippen molar-refractivity contribution in [3.05, 3.63) is 0 Å². The number of nitrogens with zero attached hydrogens (tertiary/aromatic N) is 1. The summed E-state index contributed by atoms with van der Waals surface area (Å²) in [7, 11) is -3.23. The maximum atomic E-state index is 12.4. The first-order chi connectivity index (χ1) is 8.74. The van der Waals surface area contributed by atoms with Gasteiger partial charge in [-0.3, -0.25) is 4.79 Å². The molecule has 1 aliphatic rings. The lowest BCUT2D eigenvalue weighted by Crippen LogP contribution is -2.52. The predicted octanol–water partition coefficient (Wildman–Crippen LogP) is -0.242. The van der Waals surface area contributed by atoms with Crippen molar-refractivity contribution in [2.24, 2.45) is 17.6 Å². The third-order valence-electron chi connectivity index (χ3n) is 3.49. The Kier molecular flexibility index (Phi) is 5.76. The molecule has 0 saturated carbocycles. The second-order valence-corrected chi connectivity index (χ2v) is 7.38. The summed E-state index contributed by atoms with van der Waals surface area (Å²) in [5.74, 6) is 0.0511. The van der Waals surface area contributed by atoms with Crippen molar-refractivity contribution in [2.45, 2.75) is 32.7 Å². The molecule has 2 unspecified atom stereocenters. The molecule has 1 amide bonds. The maximum absolute atomic E-state index is 12.4. The van der Waals surface area contributed by atoms with Gasteiger partial charge < -0.3 is 10.6 Å². The van der Waals surface area contributed by atoms with Gasteiger partial charge in [-0.15, -0.1) is 0 Å². The normalized spacial score (nSPS) is 22.6. The molecular weight excluding hydrogens is 266 g/mol. The largest absolute Gasteiger partial charge is 0.341 e. The molecule has 1 saturated heterocycles. The first kappa shape index (κ1) is 16.4. The van der Waals surface area contributed by atoms with Crippen LogP contribution in [0.15, 0.2) is 0 Å². The molecule has 0 aliphatic carbocycles. The molecule has 0 radical (unpaired) electrons. The topological polar surface area (TPSA) is 92.5 Å². The van der Waals surface area contributed by atoms with Gasteiger partial charge in [-0.25, -0.2) is 13.1 Å². The predicted molar refractivity (Wildman–Crippen MR) is 75.0 cm³/mol. The van der Waals surface area contributed by atoms with Crippen molar-refractivity contribution in [3.8, 4) is 0 Å². The number of likely N-dealkylation sites (tertiary alicyclic amines) is 1. The average molecular weight is 291 g/mol. The highest BCUT2D eigenvalue weighted by Gasteiger charge is 2.30. The third-order valence-corrected chi connectivity index (χ3v) is 4.25. The van der Waals surface area contributed by atoms with Gasteiger partial charge >= 0.3 is 0 Å². The summed E-state index contributed by atoms with van der Waals surface area (Å²) in [4.78, 5) is 14.1. The van der Waals surface area contributed by atoms with Crippen LogP contribution < -0.4 is 10.5 Å². The van der Waals surface area contributed by atoms with E-state index in [0.29, 0.717) is 19.6 Å². The van der Waals surface area contributed by atoms with Crippen LogP contribution in [-0.4, -0.2) is 51.2 Å². The van der Waals surface area contributed by atoms with E-state index in [1.807, 2.05) is 13.8 Å². The Morgan fingerprint density at radius 2 is 2.11 bits per heavy atom. The van der Waals surface area contributed by atoms with E-state index < -0.39 is 10.0 Å². The SMILES string of the molecule is CC(C)C(CN)C(=O)N1CCCC(NS(C)(=O)=O)C1. The molecule has 0 aromatic heterocycles. The van der Waals surface area contributed by atoms with Crippen LogP contribution in [-0.2, 0) is 14.8 Å². The number of rotatable bonds is 5. The van der Waals surface area contributed by atoms with Gasteiger partial charge in [0, 0.05) is 25.7 Å². The van der Waals surface area contributed by atoms with Crippen molar-refractivity contribution in [3.63, 3.8) is 0 Å². The number of sulfonamides is 1. The lowest BCUT2D eigenvalue weighted by Gasteiger charge is -2.35. The molecule has 1 heterocycles. The van der Waals surface area contributed by atoms with Crippen LogP contribution in [0.3, 0.4) is 0 Å². The minimum absolute atomic E-state index is 0.0394. The molecular formula is C12H25N3O3S. The standard InChI is InChI=1S/C12H25N3O3S/c1-9(2)11(7-13)12(16)15-6-4-5-10(8-15)14-19(3,17)18/h9-11,14H,4-8,13H2,1-3H3. The highest BCUT2D eigenvalue weighted by Crippen LogP contribution is 2.18. The van der Waals surface area contributed by atoms with Crippen molar-refractivity contribution < 1.29 is 13.2 Å². The van der Waals surface area contributed by atoms with Crippen molar-refractivity contribution in [2.75, 3.05) is 25.9 Å². The van der Waals surface area contributed by atoms with E-state index in [0.717, 1.165) is 19.1 Å². The Morgan fingerprint density at radius 3 is 2.58 bits per heavy atom. The van der Waals surface area contributed by atoms with Crippen molar-refractivity contribution in [1.29, 1.82) is 0 Å². The minimum Gasteiger partial charge on any atom is -0.341 e. The molecule has 0 bridgehead atoms. The second kappa shape index (κ2) is 6.67. The zero-order valence-electron chi connectivity index (χ0n) is 11.9. The maximum Gasteiger partial charge on any atom is 0.227 e. The lowest BCUT2D eigenvalue weighted by atomic mass is 9.93.